The summed E-state index contributed by atoms with van der Waals surface area (Å²) in [7, 11) is 0. The molecule has 0 aliphatic carbocycles. The molecule has 130 valence electrons. The van der Waals surface area contributed by atoms with Crippen LogP contribution in [0.15, 0.2) is 64.0 Å². The molecule has 3 aromatic rings. The summed E-state index contributed by atoms with van der Waals surface area (Å²) in [6, 6.07) is 16.1. The minimum Gasteiger partial charge on any atom is -0.265 e. The van der Waals surface area contributed by atoms with Gasteiger partial charge in [-0.05, 0) is 48.5 Å². The predicted octanol–water partition coefficient (Wildman–Crippen LogP) is 6.28. The lowest BCUT2D eigenvalue weighted by Gasteiger charge is -2.09. The van der Waals surface area contributed by atoms with Gasteiger partial charge in [0.1, 0.15) is 0 Å². The molecule has 0 unspecified atom stereocenters. The normalized spacial score (nSPS) is 11.7. The zero-order valence-electron chi connectivity index (χ0n) is 13.2. The molecule has 1 heterocycles. The smallest absolute Gasteiger partial charge is 0.265 e. The topological polar surface area (TPSA) is 17.8 Å². The molecule has 0 saturated heterocycles. The number of hydrogen-bond acceptors (Lipinski definition) is 2. The summed E-state index contributed by atoms with van der Waals surface area (Å²) in [4.78, 5) is 0.155. The van der Waals surface area contributed by atoms with Gasteiger partial charge in [0.15, 0.2) is 0 Å². The lowest BCUT2D eigenvalue weighted by atomic mass is 10.1. The van der Waals surface area contributed by atoms with Crippen LogP contribution in [0.4, 0.5) is 13.2 Å². The molecule has 0 aliphatic rings. The van der Waals surface area contributed by atoms with Crippen molar-refractivity contribution in [2.24, 2.45) is 0 Å². The number of nitrogens with zero attached hydrogens (tertiary/aromatic N) is 2. The molecule has 0 fully saturated rings. The van der Waals surface area contributed by atoms with Gasteiger partial charge in [-0.2, -0.15) is 18.3 Å². The van der Waals surface area contributed by atoms with Crippen molar-refractivity contribution in [1.82, 2.24) is 9.78 Å². The zero-order valence-corrected chi connectivity index (χ0v) is 15.6. The van der Waals surface area contributed by atoms with E-state index in [-0.39, 0.29) is 16.7 Å². The molecule has 1 aromatic heterocycles. The minimum absolute atomic E-state index is 0.112. The fourth-order valence-corrected chi connectivity index (χ4v) is 3.63. The van der Waals surface area contributed by atoms with Gasteiger partial charge in [-0.15, -0.1) is 0 Å². The Balaban J connectivity index is 1.93. The first kappa shape index (κ1) is 18.1. The second-order valence-corrected chi connectivity index (χ2v) is 7.53. The summed E-state index contributed by atoms with van der Waals surface area (Å²) < 4.78 is 41.1. The molecular weight excluding hydrogens is 413 g/mol. The third-order valence-electron chi connectivity index (χ3n) is 3.59. The third-order valence-corrected chi connectivity index (χ3v) is 4.89. The maximum atomic E-state index is 12.8. The Hall–Kier alpha value is -1.73. The van der Waals surface area contributed by atoms with E-state index in [4.69, 9.17) is 0 Å². The Bertz CT molecular complexity index is 890. The van der Waals surface area contributed by atoms with Gasteiger partial charge < -0.3 is 0 Å². The molecule has 0 atom stereocenters. The lowest BCUT2D eigenvalue weighted by molar-refractivity contribution is -0.0327. The Morgan fingerprint density at radius 1 is 1.08 bits per heavy atom. The van der Waals surface area contributed by atoms with Gasteiger partial charge in [0.2, 0.25) is 0 Å². The Labute approximate surface area is 156 Å². The van der Waals surface area contributed by atoms with Crippen LogP contribution in [0.2, 0.25) is 0 Å². The number of hydrogen-bond donors (Lipinski definition) is 0. The van der Waals surface area contributed by atoms with E-state index >= 15 is 0 Å². The van der Waals surface area contributed by atoms with Crippen molar-refractivity contribution in [3.8, 4) is 11.3 Å². The summed E-state index contributed by atoms with van der Waals surface area (Å²) >= 11 is 3.32. The number of rotatable bonds is 4. The quantitative estimate of drug-likeness (QED) is 0.456. The first-order valence-electron chi connectivity index (χ1n) is 7.46. The van der Waals surface area contributed by atoms with Crippen molar-refractivity contribution in [1.29, 1.82) is 0 Å². The molecule has 0 aliphatic heterocycles. The highest BCUT2D eigenvalue weighted by atomic mass is 79.9. The van der Waals surface area contributed by atoms with Gasteiger partial charge in [-0.3, -0.25) is 4.68 Å². The SMILES string of the molecule is Cc1cc(-c2ccccc2SC(F)(F)F)nn1Cc1cccc(Br)c1. The number of aromatic nitrogens is 2. The van der Waals surface area contributed by atoms with Gasteiger partial charge in [0.25, 0.3) is 0 Å². The molecule has 3 rings (SSSR count). The van der Waals surface area contributed by atoms with Crippen molar-refractivity contribution in [2.75, 3.05) is 0 Å². The van der Waals surface area contributed by atoms with Crippen LogP contribution in [0.25, 0.3) is 11.3 Å². The summed E-state index contributed by atoms with van der Waals surface area (Å²) in [5.41, 5.74) is -1.35. The van der Waals surface area contributed by atoms with E-state index in [0.29, 0.717) is 17.8 Å². The van der Waals surface area contributed by atoms with E-state index < -0.39 is 5.51 Å². The highest BCUT2D eigenvalue weighted by molar-refractivity contribution is 9.10. The number of aryl methyl sites for hydroxylation is 1. The van der Waals surface area contributed by atoms with Gasteiger partial charge in [-0.1, -0.05) is 46.3 Å². The third kappa shape index (κ3) is 4.67. The Kier molecular flexibility index (Phi) is 5.24. The molecule has 0 spiro atoms. The summed E-state index contributed by atoms with van der Waals surface area (Å²) in [6.07, 6.45) is 0. The van der Waals surface area contributed by atoms with Crippen molar-refractivity contribution < 1.29 is 13.2 Å². The molecule has 0 radical (unpaired) electrons. The molecule has 2 aromatic carbocycles. The zero-order chi connectivity index (χ0) is 18.0. The molecule has 0 saturated carbocycles. The van der Waals surface area contributed by atoms with Crippen LogP contribution >= 0.6 is 27.7 Å². The van der Waals surface area contributed by atoms with Crippen LogP contribution in [-0.4, -0.2) is 15.3 Å². The van der Waals surface area contributed by atoms with E-state index in [9.17, 15) is 13.2 Å². The van der Waals surface area contributed by atoms with E-state index in [1.807, 2.05) is 37.3 Å². The first-order valence-corrected chi connectivity index (χ1v) is 9.07. The fraction of sp³-hybridized carbons (Fsp3) is 0.167. The Morgan fingerprint density at radius 2 is 1.84 bits per heavy atom. The molecular formula is C18H14BrF3N2S. The van der Waals surface area contributed by atoms with E-state index in [0.717, 1.165) is 15.7 Å². The van der Waals surface area contributed by atoms with Crippen LogP contribution in [0, 0.1) is 6.92 Å². The maximum absolute atomic E-state index is 12.8. The van der Waals surface area contributed by atoms with Crippen LogP contribution in [-0.2, 0) is 6.54 Å². The average Bonchev–Trinajstić information content (AvgIpc) is 2.87. The standard InChI is InChI=1S/C18H14BrF3N2S/c1-12-9-16(15-7-2-3-8-17(15)25-18(20,21)22)23-24(12)11-13-5-4-6-14(19)10-13/h2-10H,11H2,1H3. The van der Waals surface area contributed by atoms with Crippen LogP contribution in [0.3, 0.4) is 0 Å². The highest BCUT2D eigenvalue weighted by Gasteiger charge is 2.30. The van der Waals surface area contributed by atoms with Crippen molar-refractivity contribution in [3.63, 3.8) is 0 Å². The van der Waals surface area contributed by atoms with E-state index in [1.165, 1.54) is 6.07 Å². The van der Waals surface area contributed by atoms with Crippen LogP contribution in [0.1, 0.15) is 11.3 Å². The summed E-state index contributed by atoms with van der Waals surface area (Å²) in [5, 5.41) is 4.52. The monoisotopic (exact) mass is 426 g/mol. The van der Waals surface area contributed by atoms with Gasteiger partial charge in [0, 0.05) is 20.6 Å². The first-order chi connectivity index (χ1) is 11.8. The lowest BCUT2D eigenvalue weighted by Crippen LogP contribution is -2.04. The van der Waals surface area contributed by atoms with Gasteiger partial charge in [0.05, 0.1) is 12.2 Å². The molecule has 25 heavy (non-hydrogen) atoms. The van der Waals surface area contributed by atoms with Crippen molar-refractivity contribution >= 4 is 27.7 Å². The largest absolute Gasteiger partial charge is 0.446 e. The summed E-state index contributed by atoms with van der Waals surface area (Å²) in [5.74, 6) is 0. The number of thioether (sulfide) groups is 1. The Morgan fingerprint density at radius 3 is 2.56 bits per heavy atom. The van der Waals surface area contributed by atoms with Crippen molar-refractivity contribution in [2.45, 2.75) is 23.9 Å². The van der Waals surface area contributed by atoms with Crippen molar-refractivity contribution in [3.05, 3.63) is 70.3 Å². The van der Waals surface area contributed by atoms with E-state index in [2.05, 4.69) is 21.0 Å². The maximum Gasteiger partial charge on any atom is 0.446 e. The number of benzene rings is 2. The molecule has 0 bridgehead atoms. The average molecular weight is 427 g/mol. The molecule has 7 heteroatoms. The predicted molar refractivity (Wildman–Crippen MR) is 97.6 cm³/mol. The highest BCUT2D eigenvalue weighted by Crippen LogP contribution is 2.41. The van der Waals surface area contributed by atoms with Crippen LogP contribution in [0.5, 0.6) is 0 Å². The second kappa shape index (κ2) is 7.25. The van der Waals surface area contributed by atoms with E-state index in [1.54, 1.807) is 22.9 Å². The van der Waals surface area contributed by atoms with Gasteiger partial charge in [-0.25, -0.2) is 0 Å². The van der Waals surface area contributed by atoms with Crippen LogP contribution < -0.4 is 0 Å². The summed E-state index contributed by atoms with van der Waals surface area (Å²) in [6.45, 7) is 2.45. The molecule has 2 nitrogen and oxygen atoms in total. The molecule has 0 N–H and O–H groups in total. The number of alkyl halides is 3. The number of halogens is 4. The minimum atomic E-state index is -4.33. The van der Waals surface area contributed by atoms with Gasteiger partial charge >= 0.3 is 5.51 Å². The second-order valence-electron chi connectivity index (χ2n) is 5.50. The molecule has 0 amide bonds. The fourth-order valence-electron chi connectivity index (χ4n) is 2.50.